The van der Waals surface area contributed by atoms with Crippen LogP contribution in [-0.4, -0.2) is 4.98 Å². The van der Waals surface area contributed by atoms with Gasteiger partial charge in [-0.25, -0.2) is 4.98 Å². The Morgan fingerprint density at radius 2 is 1.52 bits per heavy atom. The quantitative estimate of drug-likeness (QED) is 0.636. The maximum atomic E-state index is 12.7. The lowest BCUT2D eigenvalue weighted by atomic mass is 10.1. The summed E-state index contributed by atoms with van der Waals surface area (Å²) in [6, 6.07) is 5.98. The molecule has 0 aliphatic heterocycles. The summed E-state index contributed by atoms with van der Waals surface area (Å²) in [5.41, 5.74) is -2.62. The van der Waals surface area contributed by atoms with Gasteiger partial charge >= 0.3 is 12.4 Å². The molecule has 0 bridgehead atoms. The largest absolute Gasteiger partial charge is 0.434 e. The van der Waals surface area contributed by atoms with Gasteiger partial charge in [0.15, 0.2) is 5.69 Å². The van der Waals surface area contributed by atoms with Crippen molar-refractivity contribution in [2.45, 2.75) is 12.4 Å². The first-order valence-corrected chi connectivity index (χ1v) is 5.88. The SMILES string of the molecule is FC(F)(F)c1cccc(-c2ccc(Cl)c(C(F)(F)F)n2)c1. The van der Waals surface area contributed by atoms with Crippen molar-refractivity contribution in [2.75, 3.05) is 0 Å². The third-order valence-corrected chi connectivity index (χ3v) is 2.91. The molecule has 0 fully saturated rings. The number of rotatable bonds is 1. The maximum absolute atomic E-state index is 12.7. The molecule has 1 heterocycles. The highest BCUT2D eigenvalue weighted by Crippen LogP contribution is 2.36. The van der Waals surface area contributed by atoms with Gasteiger partial charge < -0.3 is 0 Å². The van der Waals surface area contributed by atoms with Crippen molar-refractivity contribution in [2.24, 2.45) is 0 Å². The predicted molar refractivity (Wildman–Crippen MR) is 64.7 cm³/mol. The first kappa shape index (κ1) is 15.6. The second-order valence-corrected chi connectivity index (χ2v) is 4.51. The van der Waals surface area contributed by atoms with E-state index in [2.05, 4.69) is 4.98 Å². The molecule has 0 saturated heterocycles. The zero-order valence-electron chi connectivity index (χ0n) is 10.1. The van der Waals surface area contributed by atoms with E-state index in [1.165, 1.54) is 6.07 Å². The third-order valence-electron chi connectivity index (χ3n) is 2.60. The van der Waals surface area contributed by atoms with E-state index in [-0.39, 0.29) is 11.3 Å². The molecule has 0 amide bonds. The van der Waals surface area contributed by atoms with Gasteiger partial charge in [-0.15, -0.1) is 0 Å². The molecule has 0 N–H and O–H groups in total. The molecule has 2 aromatic rings. The average molecular weight is 326 g/mol. The summed E-state index contributed by atoms with van der Waals surface area (Å²) in [5, 5.41) is -0.613. The molecule has 0 spiro atoms. The van der Waals surface area contributed by atoms with Crippen LogP contribution in [0.15, 0.2) is 36.4 Å². The van der Waals surface area contributed by atoms with Crippen molar-refractivity contribution in [3.8, 4) is 11.3 Å². The molecule has 0 aliphatic carbocycles. The number of hydrogen-bond donors (Lipinski definition) is 0. The van der Waals surface area contributed by atoms with E-state index in [1.54, 1.807) is 0 Å². The summed E-state index contributed by atoms with van der Waals surface area (Å²) in [6.45, 7) is 0. The van der Waals surface area contributed by atoms with Crippen LogP contribution in [0.1, 0.15) is 11.3 Å². The highest BCUT2D eigenvalue weighted by Gasteiger charge is 2.36. The van der Waals surface area contributed by atoms with E-state index >= 15 is 0 Å². The second-order valence-electron chi connectivity index (χ2n) is 4.10. The van der Waals surface area contributed by atoms with E-state index in [0.717, 1.165) is 30.3 Å². The van der Waals surface area contributed by atoms with Gasteiger partial charge in [-0.1, -0.05) is 23.7 Å². The Kier molecular flexibility index (Phi) is 3.88. The smallest absolute Gasteiger partial charge is 0.242 e. The normalized spacial score (nSPS) is 12.5. The molecule has 0 unspecified atom stereocenters. The van der Waals surface area contributed by atoms with Gasteiger partial charge in [-0.05, 0) is 24.3 Å². The Morgan fingerprint density at radius 1 is 0.857 bits per heavy atom. The zero-order chi connectivity index (χ0) is 15.8. The molecule has 2 rings (SSSR count). The van der Waals surface area contributed by atoms with E-state index in [0.29, 0.717) is 0 Å². The van der Waals surface area contributed by atoms with Gasteiger partial charge in [0, 0.05) is 5.56 Å². The highest BCUT2D eigenvalue weighted by atomic mass is 35.5. The van der Waals surface area contributed by atoms with Crippen LogP contribution in [-0.2, 0) is 12.4 Å². The highest BCUT2D eigenvalue weighted by molar-refractivity contribution is 6.31. The molecule has 1 aromatic carbocycles. The van der Waals surface area contributed by atoms with Crippen LogP contribution in [0, 0.1) is 0 Å². The maximum Gasteiger partial charge on any atom is 0.434 e. The summed E-state index contributed by atoms with van der Waals surface area (Å²) >= 11 is 5.41. The molecule has 0 atom stereocenters. The standard InChI is InChI=1S/C13H6ClF6N/c14-9-4-5-10(21-11(9)13(18,19)20)7-2-1-3-8(6-7)12(15,16)17/h1-6H. The lowest BCUT2D eigenvalue weighted by Crippen LogP contribution is -2.09. The van der Waals surface area contributed by atoms with E-state index < -0.39 is 28.6 Å². The Bertz CT molecular complexity index is 662. The number of aromatic nitrogens is 1. The van der Waals surface area contributed by atoms with Crippen molar-refractivity contribution in [3.63, 3.8) is 0 Å². The van der Waals surface area contributed by atoms with Crippen LogP contribution in [0.25, 0.3) is 11.3 Å². The van der Waals surface area contributed by atoms with Gasteiger partial charge in [-0.3, -0.25) is 0 Å². The second kappa shape index (κ2) is 5.22. The lowest BCUT2D eigenvalue weighted by Gasteiger charge is -2.11. The van der Waals surface area contributed by atoms with E-state index in [9.17, 15) is 26.3 Å². The Balaban J connectivity index is 2.53. The molecular formula is C13H6ClF6N. The van der Waals surface area contributed by atoms with Gasteiger partial charge in [0.1, 0.15) is 0 Å². The van der Waals surface area contributed by atoms with Crippen molar-refractivity contribution in [1.29, 1.82) is 0 Å². The van der Waals surface area contributed by atoms with Gasteiger partial charge in [0.05, 0.1) is 16.3 Å². The fourth-order valence-electron chi connectivity index (χ4n) is 1.66. The molecule has 8 heteroatoms. The minimum Gasteiger partial charge on any atom is -0.242 e. The summed E-state index contributed by atoms with van der Waals surface area (Å²) < 4.78 is 75.8. The van der Waals surface area contributed by atoms with Crippen molar-refractivity contribution >= 4 is 11.6 Å². The minimum atomic E-state index is -4.78. The minimum absolute atomic E-state index is 0.0769. The van der Waals surface area contributed by atoms with Crippen LogP contribution >= 0.6 is 11.6 Å². The number of alkyl halides is 6. The molecule has 1 aromatic heterocycles. The fraction of sp³-hybridized carbons (Fsp3) is 0.154. The molecular weight excluding hydrogens is 320 g/mol. The van der Waals surface area contributed by atoms with E-state index in [1.807, 2.05) is 0 Å². The zero-order valence-corrected chi connectivity index (χ0v) is 10.8. The topological polar surface area (TPSA) is 12.9 Å². The molecule has 112 valence electrons. The van der Waals surface area contributed by atoms with Gasteiger partial charge in [0.2, 0.25) is 0 Å². The van der Waals surface area contributed by atoms with Crippen LogP contribution in [0.4, 0.5) is 26.3 Å². The summed E-state index contributed by atoms with van der Waals surface area (Å²) in [5.74, 6) is 0. The van der Waals surface area contributed by atoms with Crippen LogP contribution in [0.5, 0.6) is 0 Å². The Labute approximate surface area is 120 Å². The third kappa shape index (κ3) is 3.47. The summed E-state index contributed by atoms with van der Waals surface area (Å²) in [7, 11) is 0. The number of halogens is 7. The Morgan fingerprint density at radius 3 is 2.10 bits per heavy atom. The molecule has 21 heavy (non-hydrogen) atoms. The summed E-state index contributed by atoms with van der Waals surface area (Å²) in [4.78, 5) is 3.31. The van der Waals surface area contributed by atoms with Crippen molar-refractivity contribution in [3.05, 3.63) is 52.7 Å². The van der Waals surface area contributed by atoms with Gasteiger partial charge in [0.25, 0.3) is 0 Å². The first-order chi connectivity index (χ1) is 9.59. The monoisotopic (exact) mass is 325 g/mol. The molecule has 0 saturated carbocycles. The number of hydrogen-bond acceptors (Lipinski definition) is 1. The van der Waals surface area contributed by atoms with Crippen molar-refractivity contribution in [1.82, 2.24) is 4.98 Å². The number of pyridine rings is 1. The fourth-order valence-corrected chi connectivity index (χ4v) is 1.87. The van der Waals surface area contributed by atoms with Crippen LogP contribution in [0.3, 0.4) is 0 Å². The number of nitrogens with zero attached hydrogens (tertiary/aromatic N) is 1. The molecule has 0 radical (unpaired) electrons. The van der Waals surface area contributed by atoms with E-state index in [4.69, 9.17) is 11.6 Å². The van der Waals surface area contributed by atoms with Crippen molar-refractivity contribution < 1.29 is 26.3 Å². The summed E-state index contributed by atoms with van der Waals surface area (Å²) in [6.07, 6.45) is -9.37. The van der Waals surface area contributed by atoms with Gasteiger partial charge in [-0.2, -0.15) is 26.3 Å². The molecule has 1 nitrogen and oxygen atoms in total. The Hall–Kier alpha value is -1.76. The number of benzene rings is 1. The predicted octanol–water partition coefficient (Wildman–Crippen LogP) is 5.44. The average Bonchev–Trinajstić information content (AvgIpc) is 2.37. The first-order valence-electron chi connectivity index (χ1n) is 5.50. The van der Waals surface area contributed by atoms with Crippen LogP contribution in [0.2, 0.25) is 5.02 Å². The van der Waals surface area contributed by atoms with Crippen LogP contribution < -0.4 is 0 Å². The molecule has 0 aliphatic rings. The lowest BCUT2D eigenvalue weighted by molar-refractivity contribution is -0.141.